The molecule has 0 radical (unpaired) electrons. The highest BCUT2D eigenvalue weighted by Gasteiger charge is 2.36. The molecule has 2 atom stereocenters. The number of Topliss-reactive ketones (excluding diaryl/α,β-unsaturated/α-hetero) is 1. The smallest absolute Gasteiger partial charge is 0.278 e. The second-order valence-electron chi connectivity index (χ2n) is 10.2. The molecule has 1 fully saturated rings. The van der Waals surface area contributed by atoms with E-state index in [1.54, 1.807) is 0 Å². The Kier molecular flexibility index (Phi) is 7.04. The lowest BCUT2D eigenvalue weighted by molar-refractivity contribution is -0.347. The van der Waals surface area contributed by atoms with Crippen LogP contribution in [-0.4, -0.2) is 45.6 Å². The number of ketones is 2. The standard InChI is InChI=1S/C30H32O6/c31-28(24-16-22-3-1-2-4-27(22)29(32)17-24)12-6-19-13-21-7-5-20(15-23(21)14-19)18-36-26-10-8-25(9-11-26)30(33,34)35/h1-5,7,13-17,23,25-27,33-35H,6,8-12,18H2. The summed E-state index contributed by atoms with van der Waals surface area (Å²) in [6, 6.07) is 0. The van der Waals surface area contributed by atoms with Crippen LogP contribution in [0, 0.1) is 17.8 Å². The number of allylic oxidation sites excluding steroid dienone is 14. The molecule has 5 rings (SSSR count). The predicted octanol–water partition coefficient (Wildman–Crippen LogP) is 3.70. The zero-order valence-electron chi connectivity index (χ0n) is 20.2. The Morgan fingerprint density at radius 3 is 2.47 bits per heavy atom. The minimum absolute atomic E-state index is 0.0119. The van der Waals surface area contributed by atoms with Crippen LogP contribution >= 0.6 is 0 Å². The molecule has 0 aliphatic heterocycles. The highest BCUT2D eigenvalue weighted by molar-refractivity contribution is 6.09. The van der Waals surface area contributed by atoms with E-state index in [9.17, 15) is 24.9 Å². The Hall–Kier alpha value is -2.90. The monoisotopic (exact) mass is 488 g/mol. The minimum Gasteiger partial charge on any atom is -0.374 e. The van der Waals surface area contributed by atoms with Gasteiger partial charge in [0.15, 0.2) is 11.6 Å². The van der Waals surface area contributed by atoms with E-state index in [0.29, 0.717) is 50.7 Å². The highest BCUT2D eigenvalue weighted by Crippen LogP contribution is 2.35. The van der Waals surface area contributed by atoms with Crippen LogP contribution in [0.2, 0.25) is 0 Å². The lowest BCUT2D eigenvalue weighted by Gasteiger charge is -2.33. The topological polar surface area (TPSA) is 104 Å². The summed E-state index contributed by atoms with van der Waals surface area (Å²) >= 11 is 0. The average molecular weight is 489 g/mol. The first kappa shape index (κ1) is 24.8. The van der Waals surface area contributed by atoms with Gasteiger partial charge in [-0.1, -0.05) is 60.3 Å². The van der Waals surface area contributed by atoms with E-state index >= 15 is 0 Å². The van der Waals surface area contributed by atoms with Crippen molar-refractivity contribution in [2.75, 3.05) is 6.61 Å². The molecule has 6 heteroatoms. The normalized spacial score (nSPS) is 29.1. The SMILES string of the molecule is O=C(CCC1=CC2C=C(COC3CCC(C(O)(O)O)CC3)C=CC2=C1)C1=CC(=O)C2C=CC=CC2=C1. The van der Waals surface area contributed by atoms with Crippen molar-refractivity contribution in [3.05, 3.63) is 94.7 Å². The molecule has 0 aromatic heterocycles. The zero-order chi connectivity index (χ0) is 25.3. The maximum atomic E-state index is 12.8. The molecule has 0 saturated heterocycles. The van der Waals surface area contributed by atoms with Gasteiger partial charge in [-0.3, -0.25) is 9.59 Å². The van der Waals surface area contributed by atoms with Gasteiger partial charge < -0.3 is 20.1 Å². The molecule has 5 aliphatic rings. The molecule has 1 saturated carbocycles. The van der Waals surface area contributed by atoms with Gasteiger partial charge in [-0.2, -0.15) is 0 Å². The van der Waals surface area contributed by atoms with Crippen molar-refractivity contribution in [3.63, 3.8) is 0 Å². The van der Waals surface area contributed by atoms with Crippen LogP contribution in [0.4, 0.5) is 0 Å². The molecule has 36 heavy (non-hydrogen) atoms. The van der Waals surface area contributed by atoms with Gasteiger partial charge in [0, 0.05) is 23.8 Å². The summed E-state index contributed by atoms with van der Waals surface area (Å²) in [6.07, 6.45) is 24.9. The van der Waals surface area contributed by atoms with Gasteiger partial charge in [-0.15, -0.1) is 0 Å². The van der Waals surface area contributed by atoms with Gasteiger partial charge in [0.25, 0.3) is 5.97 Å². The van der Waals surface area contributed by atoms with Crippen molar-refractivity contribution in [1.82, 2.24) is 0 Å². The maximum absolute atomic E-state index is 12.8. The van der Waals surface area contributed by atoms with Crippen molar-refractivity contribution in [3.8, 4) is 0 Å². The van der Waals surface area contributed by atoms with Crippen LogP contribution in [0.3, 0.4) is 0 Å². The lowest BCUT2D eigenvalue weighted by atomic mass is 9.83. The average Bonchev–Trinajstić information content (AvgIpc) is 3.28. The zero-order valence-corrected chi connectivity index (χ0v) is 20.2. The molecule has 0 aromatic carbocycles. The van der Waals surface area contributed by atoms with Crippen molar-refractivity contribution >= 4 is 11.6 Å². The molecule has 0 amide bonds. The Morgan fingerprint density at radius 2 is 1.69 bits per heavy atom. The van der Waals surface area contributed by atoms with E-state index < -0.39 is 11.9 Å². The molecule has 0 aromatic rings. The van der Waals surface area contributed by atoms with Crippen LogP contribution in [0.15, 0.2) is 94.7 Å². The van der Waals surface area contributed by atoms with Crippen molar-refractivity contribution in [1.29, 1.82) is 0 Å². The van der Waals surface area contributed by atoms with Crippen LogP contribution in [-0.2, 0) is 14.3 Å². The fourth-order valence-electron chi connectivity index (χ4n) is 5.54. The van der Waals surface area contributed by atoms with E-state index in [0.717, 1.165) is 16.7 Å². The van der Waals surface area contributed by atoms with E-state index in [1.165, 1.54) is 11.6 Å². The van der Waals surface area contributed by atoms with Gasteiger partial charge in [-0.25, -0.2) is 0 Å². The van der Waals surface area contributed by atoms with Crippen LogP contribution < -0.4 is 0 Å². The highest BCUT2D eigenvalue weighted by atomic mass is 16.7. The molecule has 0 bridgehead atoms. The third-order valence-electron chi connectivity index (χ3n) is 7.67. The van der Waals surface area contributed by atoms with Crippen LogP contribution in [0.1, 0.15) is 38.5 Å². The van der Waals surface area contributed by atoms with Gasteiger partial charge in [-0.05, 0) is 61.0 Å². The fourth-order valence-corrected chi connectivity index (χ4v) is 5.54. The lowest BCUT2D eigenvalue weighted by Crippen LogP contribution is -2.40. The van der Waals surface area contributed by atoms with E-state index in [1.807, 2.05) is 30.4 Å². The Labute approximate surface area is 211 Å². The Balaban J connectivity index is 1.11. The molecule has 2 unspecified atom stereocenters. The van der Waals surface area contributed by atoms with Crippen molar-refractivity contribution < 1.29 is 29.6 Å². The van der Waals surface area contributed by atoms with Gasteiger partial charge >= 0.3 is 0 Å². The summed E-state index contributed by atoms with van der Waals surface area (Å²) < 4.78 is 6.05. The maximum Gasteiger partial charge on any atom is 0.278 e. The molecule has 188 valence electrons. The van der Waals surface area contributed by atoms with Crippen molar-refractivity contribution in [2.24, 2.45) is 17.8 Å². The molecule has 3 N–H and O–H groups in total. The number of aliphatic hydroxyl groups is 3. The molecule has 5 aliphatic carbocycles. The third kappa shape index (κ3) is 5.57. The summed E-state index contributed by atoms with van der Waals surface area (Å²) in [5.41, 5.74) is 4.78. The Morgan fingerprint density at radius 1 is 0.917 bits per heavy atom. The predicted molar refractivity (Wildman–Crippen MR) is 135 cm³/mol. The molecular weight excluding hydrogens is 456 g/mol. The van der Waals surface area contributed by atoms with Gasteiger partial charge in [0.1, 0.15) is 0 Å². The quantitative estimate of drug-likeness (QED) is 0.450. The number of ether oxygens (including phenoxy) is 1. The second kappa shape index (κ2) is 10.2. The first-order valence-electron chi connectivity index (χ1n) is 12.7. The number of hydrogen-bond acceptors (Lipinski definition) is 6. The number of carbonyl (C=O) groups excluding carboxylic acids is 2. The molecule has 0 spiro atoms. The van der Waals surface area contributed by atoms with E-state index in [-0.39, 0.29) is 29.5 Å². The summed E-state index contributed by atoms with van der Waals surface area (Å²) in [5, 5.41) is 28.1. The summed E-state index contributed by atoms with van der Waals surface area (Å²) in [6.45, 7) is 0.487. The van der Waals surface area contributed by atoms with Gasteiger partial charge in [0.2, 0.25) is 0 Å². The van der Waals surface area contributed by atoms with Crippen LogP contribution in [0.5, 0.6) is 0 Å². The largest absolute Gasteiger partial charge is 0.374 e. The summed E-state index contributed by atoms with van der Waals surface area (Å²) in [7, 11) is 0. The first-order chi connectivity index (χ1) is 17.3. The van der Waals surface area contributed by atoms with Crippen molar-refractivity contribution in [2.45, 2.75) is 50.6 Å². The number of carbonyl (C=O) groups is 2. The van der Waals surface area contributed by atoms with E-state index in [4.69, 9.17) is 4.74 Å². The van der Waals surface area contributed by atoms with E-state index in [2.05, 4.69) is 30.4 Å². The fraction of sp³-hybridized carbons (Fsp3) is 0.400. The van der Waals surface area contributed by atoms with Crippen LogP contribution in [0.25, 0.3) is 0 Å². The first-order valence-corrected chi connectivity index (χ1v) is 12.7. The number of rotatable bonds is 8. The van der Waals surface area contributed by atoms with Gasteiger partial charge in [0.05, 0.1) is 18.6 Å². The Bertz CT molecular complexity index is 1170. The third-order valence-corrected chi connectivity index (χ3v) is 7.67. The molecule has 6 nitrogen and oxygen atoms in total. The number of fused-ring (bicyclic) bond motifs is 2. The minimum atomic E-state index is -2.60. The second-order valence-corrected chi connectivity index (χ2v) is 10.2. The summed E-state index contributed by atoms with van der Waals surface area (Å²) in [5.74, 6) is -3.27. The molecule has 0 heterocycles. The molecular formula is C30H32O6. The summed E-state index contributed by atoms with van der Waals surface area (Å²) in [4.78, 5) is 25.2. The number of hydrogen-bond donors (Lipinski definition) is 3.